The highest BCUT2D eigenvalue weighted by Gasteiger charge is 2.18. The standard InChI is InChI=1S/C21H25NO3S/c1-14(2)16(4)22-20(23)13-25-21(24)18(19-9-6-10-26-19)12-17-8-5-7-15(3)11-17/h5-12,14,16H,13H2,1-4H3,(H,22,23)/b18-12+/t16-/m0/s1. The zero-order valence-corrected chi connectivity index (χ0v) is 16.4. The summed E-state index contributed by atoms with van der Waals surface area (Å²) in [4.78, 5) is 25.4. The Kier molecular flexibility index (Phi) is 7.16. The molecule has 1 aromatic carbocycles. The predicted octanol–water partition coefficient (Wildman–Crippen LogP) is 4.30. The molecule has 0 radical (unpaired) electrons. The van der Waals surface area contributed by atoms with Crippen LogP contribution in [0.2, 0.25) is 0 Å². The molecular formula is C21H25NO3S. The molecule has 0 spiro atoms. The fraction of sp³-hybridized carbons (Fsp3) is 0.333. The molecule has 0 unspecified atom stereocenters. The summed E-state index contributed by atoms with van der Waals surface area (Å²) in [7, 11) is 0. The molecule has 0 bridgehead atoms. The number of carbonyl (C=O) groups excluding carboxylic acids is 2. The smallest absolute Gasteiger partial charge is 0.340 e. The van der Waals surface area contributed by atoms with Crippen LogP contribution in [0, 0.1) is 12.8 Å². The van der Waals surface area contributed by atoms with Gasteiger partial charge in [-0.25, -0.2) is 4.79 Å². The second kappa shape index (κ2) is 9.34. The van der Waals surface area contributed by atoms with Crippen LogP contribution in [0.15, 0.2) is 41.8 Å². The van der Waals surface area contributed by atoms with E-state index >= 15 is 0 Å². The van der Waals surface area contributed by atoms with Gasteiger partial charge in [0.1, 0.15) is 0 Å². The summed E-state index contributed by atoms with van der Waals surface area (Å²) in [6, 6.07) is 11.7. The molecule has 2 rings (SSSR count). The van der Waals surface area contributed by atoms with E-state index in [1.54, 1.807) is 6.08 Å². The molecule has 1 aromatic heterocycles. The highest BCUT2D eigenvalue weighted by molar-refractivity contribution is 7.11. The molecular weight excluding hydrogens is 346 g/mol. The van der Waals surface area contributed by atoms with Crippen molar-refractivity contribution in [2.75, 3.05) is 6.61 Å². The zero-order valence-electron chi connectivity index (χ0n) is 15.6. The van der Waals surface area contributed by atoms with Crippen LogP contribution in [0.5, 0.6) is 0 Å². The lowest BCUT2D eigenvalue weighted by atomic mass is 10.1. The van der Waals surface area contributed by atoms with Crippen molar-refractivity contribution in [2.24, 2.45) is 5.92 Å². The van der Waals surface area contributed by atoms with Gasteiger partial charge >= 0.3 is 5.97 Å². The van der Waals surface area contributed by atoms with Crippen LogP contribution in [-0.2, 0) is 14.3 Å². The van der Waals surface area contributed by atoms with Gasteiger partial charge in [0.05, 0.1) is 5.57 Å². The van der Waals surface area contributed by atoms with E-state index in [0.717, 1.165) is 16.0 Å². The lowest BCUT2D eigenvalue weighted by Gasteiger charge is -2.17. The fourth-order valence-electron chi connectivity index (χ4n) is 2.26. The van der Waals surface area contributed by atoms with Crippen molar-refractivity contribution in [2.45, 2.75) is 33.7 Å². The number of carbonyl (C=O) groups is 2. The van der Waals surface area contributed by atoms with Gasteiger partial charge in [-0.1, -0.05) is 49.7 Å². The minimum atomic E-state index is -0.499. The first-order chi connectivity index (χ1) is 12.4. The number of hydrogen-bond acceptors (Lipinski definition) is 4. The van der Waals surface area contributed by atoms with Crippen molar-refractivity contribution < 1.29 is 14.3 Å². The molecule has 138 valence electrons. The van der Waals surface area contributed by atoms with Gasteiger partial charge in [0.2, 0.25) is 0 Å². The summed E-state index contributed by atoms with van der Waals surface area (Å²) >= 11 is 1.46. The molecule has 1 heterocycles. The summed E-state index contributed by atoms with van der Waals surface area (Å²) < 4.78 is 5.26. The number of aryl methyl sites for hydroxylation is 1. The SMILES string of the molecule is Cc1cccc(/C=C(/C(=O)OCC(=O)N[C@@H](C)C(C)C)c2cccs2)c1. The Bertz CT molecular complexity index is 778. The van der Waals surface area contributed by atoms with Gasteiger partial charge in [-0.05, 0) is 42.9 Å². The van der Waals surface area contributed by atoms with Gasteiger partial charge in [-0.2, -0.15) is 0 Å². The average Bonchev–Trinajstić information content (AvgIpc) is 3.11. The molecule has 1 N–H and O–H groups in total. The molecule has 5 heteroatoms. The lowest BCUT2D eigenvalue weighted by molar-refractivity contribution is -0.143. The molecule has 2 aromatic rings. The first-order valence-corrected chi connectivity index (χ1v) is 9.53. The molecule has 0 saturated heterocycles. The second-order valence-corrected chi connectivity index (χ2v) is 7.57. The minimum absolute atomic E-state index is 0.0285. The van der Waals surface area contributed by atoms with E-state index in [-0.39, 0.29) is 18.6 Å². The predicted molar refractivity (Wildman–Crippen MR) is 107 cm³/mol. The van der Waals surface area contributed by atoms with Crippen molar-refractivity contribution in [3.63, 3.8) is 0 Å². The number of ether oxygens (including phenoxy) is 1. The Morgan fingerprint density at radius 1 is 1.19 bits per heavy atom. The quantitative estimate of drug-likeness (QED) is 0.583. The van der Waals surface area contributed by atoms with Crippen molar-refractivity contribution in [1.82, 2.24) is 5.32 Å². The first kappa shape index (κ1) is 19.9. The number of nitrogens with one attached hydrogen (secondary N) is 1. The van der Waals surface area contributed by atoms with Crippen LogP contribution in [0.4, 0.5) is 0 Å². The van der Waals surface area contributed by atoms with E-state index in [2.05, 4.69) is 5.32 Å². The maximum absolute atomic E-state index is 12.6. The van der Waals surface area contributed by atoms with Crippen molar-refractivity contribution in [3.8, 4) is 0 Å². The van der Waals surface area contributed by atoms with Crippen molar-refractivity contribution in [1.29, 1.82) is 0 Å². The maximum atomic E-state index is 12.6. The molecule has 0 saturated carbocycles. The van der Waals surface area contributed by atoms with E-state index in [1.807, 2.05) is 69.5 Å². The molecule has 1 atom stereocenters. The summed E-state index contributed by atoms with van der Waals surface area (Å²) in [5.41, 5.74) is 2.48. The number of benzene rings is 1. The van der Waals surface area contributed by atoms with E-state index in [0.29, 0.717) is 11.5 Å². The summed E-state index contributed by atoms with van der Waals surface area (Å²) in [6.07, 6.45) is 1.80. The molecule has 0 aliphatic heterocycles. The topological polar surface area (TPSA) is 55.4 Å². The molecule has 0 aliphatic rings. The Balaban J connectivity index is 2.11. The average molecular weight is 372 g/mol. The van der Waals surface area contributed by atoms with Gasteiger partial charge in [0, 0.05) is 10.9 Å². The Hall–Kier alpha value is -2.40. The van der Waals surface area contributed by atoms with Gasteiger partial charge in [-0.3, -0.25) is 4.79 Å². The highest BCUT2D eigenvalue weighted by Crippen LogP contribution is 2.24. The lowest BCUT2D eigenvalue weighted by Crippen LogP contribution is -2.38. The Labute approximate surface area is 158 Å². The number of esters is 1. The van der Waals surface area contributed by atoms with Gasteiger partial charge < -0.3 is 10.1 Å². The van der Waals surface area contributed by atoms with Crippen LogP contribution < -0.4 is 5.32 Å². The second-order valence-electron chi connectivity index (χ2n) is 6.63. The molecule has 1 amide bonds. The van der Waals surface area contributed by atoms with Gasteiger partial charge in [-0.15, -0.1) is 11.3 Å². The van der Waals surface area contributed by atoms with Crippen LogP contribution in [0.1, 0.15) is 36.8 Å². The number of thiophene rings is 1. The number of rotatable bonds is 7. The van der Waals surface area contributed by atoms with Crippen LogP contribution >= 0.6 is 11.3 Å². The van der Waals surface area contributed by atoms with Gasteiger partial charge in [0.15, 0.2) is 6.61 Å². The monoisotopic (exact) mass is 371 g/mol. The largest absolute Gasteiger partial charge is 0.452 e. The van der Waals surface area contributed by atoms with E-state index in [9.17, 15) is 9.59 Å². The Morgan fingerprint density at radius 3 is 2.58 bits per heavy atom. The summed E-state index contributed by atoms with van der Waals surface area (Å²) in [6.45, 7) is 7.69. The molecule has 26 heavy (non-hydrogen) atoms. The first-order valence-electron chi connectivity index (χ1n) is 8.65. The summed E-state index contributed by atoms with van der Waals surface area (Å²) in [5.74, 6) is -0.473. The van der Waals surface area contributed by atoms with E-state index in [1.165, 1.54) is 11.3 Å². The van der Waals surface area contributed by atoms with Crippen LogP contribution in [-0.4, -0.2) is 24.5 Å². The third-order valence-corrected chi connectivity index (χ3v) is 4.99. The highest BCUT2D eigenvalue weighted by atomic mass is 32.1. The van der Waals surface area contributed by atoms with Crippen LogP contribution in [0.25, 0.3) is 11.6 Å². The molecule has 4 nitrogen and oxygen atoms in total. The number of amides is 1. The van der Waals surface area contributed by atoms with E-state index < -0.39 is 5.97 Å². The van der Waals surface area contributed by atoms with Crippen LogP contribution in [0.3, 0.4) is 0 Å². The van der Waals surface area contributed by atoms with E-state index in [4.69, 9.17) is 4.74 Å². The van der Waals surface area contributed by atoms with Crippen molar-refractivity contribution in [3.05, 3.63) is 57.8 Å². The number of hydrogen-bond donors (Lipinski definition) is 1. The van der Waals surface area contributed by atoms with Crippen molar-refractivity contribution >= 4 is 34.9 Å². The normalized spacial score (nSPS) is 12.7. The third kappa shape index (κ3) is 5.85. The molecule has 0 aliphatic carbocycles. The third-order valence-electron chi connectivity index (χ3n) is 4.08. The fourth-order valence-corrected chi connectivity index (χ4v) is 2.99. The summed E-state index contributed by atoms with van der Waals surface area (Å²) in [5, 5.41) is 4.74. The minimum Gasteiger partial charge on any atom is -0.452 e. The molecule has 0 fully saturated rings. The zero-order chi connectivity index (χ0) is 19.1. The Morgan fingerprint density at radius 2 is 1.96 bits per heavy atom. The maximum Gasteiger partial charge on any atom is 0.340 e. The van der Waals surface area contributed by atoms with Gasteiger partial charge in [0.25, 0.3) is 5.91 Å².